The maximum atomic E-state index is 12.2. The number of carbonyl (C=O) groups excluding carboxylic acids is 2. The average Bonchev–Trinajstić information content (AvgIpc) is 2.48. The summed E-state index contributed by atoms with van der Waals surface area (Å²) in [5.74, 6) is -0.200. The Morgan fingerprint density at radius 2 is 1.91 bits per heavy atom. The number of nitrogens with one attached hydrogen (secondary N) is 2. The highest BCUT2D eigenvalue weighted by molar-refractivity contribution is 8.00. The molecule has 22 heavy (non-hydrogen) atoms. The fraction of sp³-hybridized carbons (Fsp3) is 0.438. The summed E-state index contributed by atoms with van der Waals surface area (Å²) >= 11 is 1.58. The number of thioether (sulfide) groups is 1. The lowest BCUT2D eigenvalue weighted by molar-refractivity contribution is -0.122. The van der Waals surface area contributed by atoms with Gasteiger partial charge in [0.1, 0.15) is 12.6 Å². The van der Waals surface area contributed by atoms with E-state index < -0.39 is 6.04 Å². The summed E-state index contributed by atoms with van der Waals surface area (Å²) in [7, 11) is 0. The normalized spacial score (nSPS) is 12.1. The van der Waals surface area contributed by atoms with E-state index in [9.17, 15) is 9.59 Å². The molecule has 118 valence electrons. The van der Waals surface area contributed by atoms with Gasteiger partial charge in [-0.2, -0.15) is 17.0 Å². The first-order valence-corrected chi connectivity index (χ1v) is 7.96. The van der Waals surface area contributed by atoms with Gasteiger partial charge < -0.3 is 10.6 Å². The molecule has 1 aromatic carbocycles. The standard InChI is InChI=1S/C16H21N3O2S/c1-16(2,3)22-11-13(15(21)18-10-9-17)19-14(20)12-7-5-4-6-8-12/h4-8,13H,10-11H2,1-3H3,(H,18,21)(H,19,20)/t13-/m0/s1. The van der Waals surface area contributed by atoms with Gasteiger partial charge in [0.25, 0.3) is 5.91 Å². The molecule has 0 saturated carbocycles. The predicted octanol–water partition coefficient (Wildman–Crippen LogP) is 1.96. The van der Waals surface area contributed by atoms with Crippen molar-refractivity contribution < 1.29 is 9.59 Å². The van der Waals surface area contributed by atoms with Gasteiger partial charge in [-0.05, 0) is 12.1 Å². The van der Waals surface area contributed by atoms with Crippen molar-refractivity contribution in [3.8, 4) is 6.07 Å². The van der Waals surface area contributed by atoms with E-state index in [-0.39, 0.29) is 23.1 Å². The molecule has 0 spiro atoms. The van der Waals surface area contributed by atoms with Crippen LogP contribution >= 0.6 is 11.8 Å². The number of rotatable bonds is 6. The molecule has 0 fully saturated rings. The molecule has 0 heterocycles. The number of amides is 2. The second-order valence-electron chi connectivity index (χ2n) is 5.69. The zero-order valence-electron chi connectivity index (χ0n) is 13.1. The Hall–Kier alpha value is -2.00. The monoisotopic (exact) mass is 319 g/mol. The molecule has 0 radical (unpaired) electrons. The average molecular weight is 319 g/mol. The van der Waals surface area contributed by atoms with Crippen LogP contribution in [0.4, 0.5) is 0 Å². The molecule has 2 amide bonds. The molecule has 2 N–H and O–H groups in total. The van der Waals surface area contributed by atoms with Crippen LogP contribution in [0.1, 0.15) is 31.1 Å². The second-order valence-corrected chi connectivity index (χ2v) is 7.54. The Morgan fingerprint density at radius 3 is 2.45 bits per heavy atom. The first-order chi connectivity index (χ1) is 10.3. The molecule has 0 aliphatic rings. The SMILES string of the molecule is CC(C)(C)SC[C@H](NC(=O)c1ccccc1)C(=O)NCC#N. The third-order valence-electron chi connectivity index (χ3n) is 2.68. The number of carbonyl (C=O) groups is 2. The Bertz CT molecular complexity index is 547. The summed E-state index contributed by atoms with van der Waals surface area (Å²) in [5.41, 5.74) is 0.501. The smallest absolute Gasteiger partial charge is 0.251 e. The van der Waals surface area contributed by atoms with E-state index in [0.717, 1.165) is 0 Å². The van der Waals surface area contributed by atoms with Crippen LogP contribution in [-0.2, 0) is 4.79 Å². The van der Waals surface area contributed by atoms with E-state index in [0.29, 0.717) is 11.3 Å². The predicted molar refractivity (Wildman–Crippen MR) is 88.5 cm³/mol. The zero-order valence-corrected chi connectivity index (χ0v) is 13.9. The third-order valence-corrected chi connectivity index (χ3v) is 4.05. The minimum Gasteiger partial charge on any atom is -0.341 e. The van der Waals surface area contributed by atoms with Gasteiger partial charge in [0.05, 0.1) is 6.07 Å². The number of nitrogens with zero attached hydrogens (tertiary/aromatic N) is 1. The van der Waals surface area contributed by atoms with Crippen LogP contribution in [0.3, 0.4) is 0 Å². The minimum atomic E-state index is -0.676. The van der Waals surface area contributed by atoms with E-state index >= 15 is 0 Å². The first-order valence-electron chi connectivity index (χ1n) is 6.98. The molecule has 0 unspecified atom stereocenters. The lowest BCUT2D eigenvalue weighted by Gasteiger charge is -2.23. The summed E-state index contributed by atoms with van der Waals surface area (Å²) < 4.78 is -0.0226. The maximum Gasteiger partial charge on any atom is 0.251 e. The van der Waals surface area contributed by atoms with Gasteiger partial charge in [-0.3, -0.25) is 9.59 Å². The molecule has 1 atom stereocenters. The fourth-order valence-electron chi connectivity index (χ4n) is 1.60. The van der Waals surface area contributed by atoms with Crippen molar-refractivity contribution in [1.82, 2.24) is 10.6 Å². The van der Waals surface area contributed by atoms with Crippen LogP contribution in [0.2, 0.25) is 0 Å². The number of benzene rings is 1. The van der Waals surface area contributed by atoms with Gasteiger partial charge in [-0.25, -0.2) is 0 Å². The van der Waals surface area contributed by atoms with E-state index in [4.69, 9.17) is 5.26 Å². The molecule has 0 bridgehead atoms. The largest absolute Gasteiger partial charge is 0.341 e. The molecule has 5 nitrogen and oxygen atoms in total. The lowest BCUT2D eigenvalue weighted by atomic mass is 10.2. The molecule has 1 aromatic rings. The van der Waals surface area contributed by atoms with Gasteiger partial charge in [-0.15, -0.1) is 0 Å². The number of hydrogen-bond donors (Lipinski definition) is 2. The summed E-state index contributed by atoms with van der Waals surface area (Å²) in [6.45, 7) is 6.06. The van der Waals surface area contributed by atoms with Crippen molar-refractivity contribution >= 4 is 23.6 Å². The van der Waals surface area contributed by atoms with Gasteiger partial charge in [0.15, 0.2) is 0 Å². The molecule has 1 rings (SSSR count). The summed E-state index contributed by atoms with van der Waals surface area (Å²) in [6, 6.07) is 9.92. The molecule has 0 aliphatic carbocycles. The van der Waals surface area contributed by atoms with Crippen molar-refractivity contribution in [2.45, 2.75) is 31.6 Å². The van der Waals surface area contributed by atoms with Gasteiger partial charge in [0.2, 0.25) is 5.91 Å². The molecule has 0 saturated heterocycles. The highest BCUT2D eigenvalue weighted by atomic mass is 32.2. The Morgan fingerprint density at radius 1 is 1.27 bits per heavy atom. The Labute approximate surface area is 135 Å². The third kappa shape index (κ3) is 6.64. The zero-order chi connectivity index (χ0) is 16.6. The molecule has 0 aliphatic heterocycles. The van der Waals surface area contributed by atoms with Gasteiger partial charge in [-0.1, -0.05) is 39.0 Å². The van der Waals surface area contributed by atoms with Crippen molar-refractivity contribution in [3.63, 3.8) is 0 Å². The highest BCUT2D eigenvalue weighted by Gasteiger charge is 2.23. The van der Waals surface area contributed by atoms with Crippen molar-refractivity contribution in [2.75, 3.05) is 12.3 Å². The van der Waals surface area contributed by atoms with E-state index in [1.807, 2.05) is 32.9 Å². The van der Waals surface area contributed by atoms with Crippen LogP contribution in [0.15, 0.2) is 30.3 Å². The van der Waals surface area contributed by atoms with Gasteiger partial charge >= 0.3 is 0 Å². The summed E-state index contributed by atoms with van der Waals surface area (Å²) in [6.07, 6.45) is 0. The van der Waals surface area contributed by atoms with Crippen LogP contribution in [0.25, 0.3) is 0 Å². The molecular formula is C16H21N3O2S. The van der Waals surface area contributed by atoms with Crippen LogP contribution < -0.4 is 10.6 Å². The summed E-state index contributed by atoms with van der Waals surface area (Å²) in [4.78, 5) is 24.3. The van der Waals surface area contributed by atoms with Crippen LogP contribution in [0.5, 0.6) is 0 Å². The highest BCUT2D eigenvalue weighted by Crippen LogP contribution is 2.23. The van der Waals surface area contributed by atoms with Gasteiger partial charge in [0, 0.05) is 16.1 Å². The fourth-order valence-corrected chi connectivity index (χ4v) is 2.50. The topological polar surface area (TPSA) is 82.0 Å². The van der Waals surface area contributed by atoms with E-state index in [1.165, 1.54) is 0 Å². The van der Waals surface area contributed by atoms with Crippen molar-refractivity contribution in [1.29, 1.82) is 5.26 Å². The van der Waals surface area contributed by atoms with Crippen molar-refractivity contribution in [3.05, 3.63) is 35.9 Å². The summed E-state index contributed by atoms with van der Waals surface area (Å²) in [5, 5.41) is 13.8. The van der Waals surface area contributed by atoms with Crippen LogP contribution in [-0.4, -0.2) is 34.9 Å². The van der Waals surface area contributed by atoms with Crippen molar-refractivity contribution in [2.24, 2.45) is 0 Å². The first kappa shape index (κ1) is 18.1. The number of hydrogen-bond acceptors (Lipinski definition) is 4. The minimum absolute atomic E-state index is 0.0226. The lowest BCUT2D eigenvalue weighted by Crippen LogP contribution is -2.48. The maximum absolute atomic E-state index is 12.2. The quantitative estimate of drug-likeness (QED) is 0.785. The molecule has 0 aromatic heterocycles. The number of nitriles is 1. The second kappa shape index (κ2) is 8.44. The van der Waals surface area contributed by atoms with Crippen LogP contribution in [0, 0.1) is 11.3 Å². The molecular weight excluding hydrogens is 298 g/mol. The Kier molecular flexibility index (Phi) is 6.93. The van der Waals surface area contributed by atoms with E-state index in [1.54, 1.807) is 36.0 Å². The van der Waals surface area contributed by atoms with E-state index in [2.05, 4.69) is 10.6 Å². The molecule has 6 heteroatoms. The Balaban J connectivity index is 2.74.